The number of para-hydroxylation sites is 1. The molecule has 9 heteroatoms. The molecule has 1 aromatic carbocycles. The van der Waals surface area contributed by atoms with E-state index < -0.39 is 0 Å². The second-order valence-electron chi connectivity index (χ2n) is 7.70. The first-order chi connectivity index (χ1) is 15.9. The topological polar surface area (TPSA) is 102 Å². The van der Waals surface area contributed by atoms with Crippen molar-refractivity contribution in [1.82, 2.24) is 19.3 Å². The van der Waals surface area contributed by atoms with Crippen LogP contribution in [0.25, 0.3) is 5.69 Å². The van der Waals surface area contributed by atoms with Crippen LogP contribution in [0.15, 0.2) is 52.2 Å². The van der Waals surface area contributed by atoms with E-state index in [9.17, 15) is 10.1 Å². The molecule has 0 radical (unpaired) electrons. The number of aryl methyl sites for hydroxylation is 2. The molecule has 1 amide bonds. The van der Waals surface area contributed by atoms with Crippen molar-refractivity contribution in [2.45, 2.75) is 39.4 Å². The molecule has 0 unspecified atom stereocenters. The van der Waals surface area contributed by atoms with Crippen molar-refractivity contribution in [2.75, 3.05) is 11.1 Å². The molecule has 0 fully saturated rings. The number of hydrogen-bond donors (Lipinski definition) is 1. The van der Waals surface area contributed by atoms with Gasteiger partial charge in [-0.25, -0.2) is 0 Å². The van der Waals surface area contributed by atoms with Gasteiger partial charge < -0.3 is 14.3 Å². The molecular weight excluding hydrogens is 436 g/mol. The molecule has 4 aromatic rings. The standard InChI is InChI=1S/C24H24N6O2S/c1-15-8-5-6-10-21(15)30-18(4)27-28-24(30)33-14-22(31)26-23-20(12-25)16(2)17(3)29(23)13-19-9-7-11-32-19/h5-11H,13-14H2,1-4H3,(H,26,31). The third-order valence-electron chi connectivity index (χ3n) is 5.58. The Morgan fingerprint density at radius 3 is 2.64 bits per heavy atom. The van der Waals surface area contributed by atoms with Crippen LogP contribution in [0, 0.1) is 39.0 Å². The molecule has 168 valence electrons. The number of carbonyl (C=O) groups is 1. The maximum Gasteiger partial charge on any atom is 0.235 e. The number of nitriles is 1. The van der Waals surface area contributed by atoms with Crippen LogP contribution in [0.2, 0.25) is 0 Å². The molecule has 3 heterocycles. The second kappa shape index (κ2) is 9.38. The molecule has 33 heavy (non-hydrogen) atoms. The van der Waals surface area contributed by atoms with Crippen LogP contribution in [0.4, 0.5) is 5.82 Å². The Bertz CT molecular complexity index is 1340. The van der Waals surface area contributed by atoms with Gasteiger partial charge in [0.2, 0.25) is 5.91 Å². The van der Waals surface area contributed by atoms with Crippen LogP contribution in [0.5, 0.6) is 0 Å². The third-order valence-corrected chi connectivity index (χ3v) is 6.51. The molecule has 0 aliphatic heterocycles. The van der Waals surface area contributed by atoms with Crippen molar-refractivity contribution in [3.8, 4) is 11.8 Å². The number of carbonyl (C=O) groups excluding carboxylic acids is 1. The molecule has 3 aromatic heterocycles. The van der Waals surface area contributed by atoms with Gasteiger partial charge in [-0.15, -0.1) is 10.2 Å². The highest BCUT2D eigenvalue weighted by molar-refractivity contribution is 7.99. The lowest BCUT2D eigenvalue weighted by Crippen LogP contribution is -2.19. The molecule has 4 rings (SSSR count). The normalized spacial score (nSPS) is 10.9. The van der Waals surface area contributed by atoms with E-state index in [1.54, 1.807) is 6.26 Å². The first-order valence-corrected chi connectivity index (χ1v) is 11.4. The number of amides is 1. The Hall–Kier alpha value is -3.77. The number of thioether (sulfide) groups is 1. The molecule has 0 saturated carbocycles. The number of nitrogens with one attached hydrogen (secondary N) is 1. The number of anilines is 1. The van der Waals surface area contributed by atoms with Crippen LogP contribution in [-0.2, 0) is 11.3 Å². The van der Waals surface area contributed by atoms with Gasteiger partial charge in [-0.3, -0.25) is 9.36 Å². The summed E-state index contributed by atoms with van der Waals surface area (Å²) in [4.78, 5) is 12.9. The molecule has 0 bridgehead atoms. The van der Waals surface area contributed by atoms with Crippen LogP contribution in [0.1, 0.15) is 34.0 Å². The number of hydrogen-bond acceptors (Lipinski definition) is 6. The summed E-state index contributed by atoms with van der Waals surface area (Å²) in [6.07, 6.45) is 1.60. The van der Waals surface area contributed by atoms with E-state index in [-0.39, 0.29) is 11.7 Å². The first kappa shape index (κ1) is 22.4. The fourth-order valence-corrected chi connectivity index (χ4v) is 4.50. The minimum absolute atomic E-state index is 0.124. The van der Waals surface area contributed by atoms with Crippen molar-refractivity contribution >= 4 is 23.5 Å². The van der Waals surface area contributed by atoms with Crippen molar-refractivity contribution in [3.63, 3.8) is 0 Å². The molecule has 0 aliphatic rings. The predicted molar refractivity (Wildman–Crippen MR) is 127 cm³/mol. The Morgan fingerprint density at radius 1 is 1.15 bits per heavy atom. The fraction of sp³-hybridized carbons (Fsp3) is 0.250. The zero-order valence-electron chi connectivity index (χ0n) is 18.9. The minimum atomic E-state index is -0.230. The summed E-state index contributed by atoms with van der Waals surface area (Å²) in [5.41, 5.74) is 4.26. The van der Waals surface area contributed by atoms with E-state index in [1.165, 1.54) is 11.8 Å². The SMILES string of the molecule is Cc1ccccc1-n1c(C)nnc1SCC(=O)Nc1c(C#N)c(C)c(C)n1Cc1ccco1. The van der Waals surface area contributed by atoms with Crippen LogP contribution in [0.3, 0.4) is 0 Å². The van der Waals surface area contributed by atoms with E-state index in [4.69, 9.17) is 4.42 Å². The summed E-state index contributed by atoms with van der Waals surface area (Å²) in [6.45, 7) is 8.14. The average molecular weight is 461 g/mol. The van der Waals surface area contributed by atoms with Gasteiger partial charge in [-0.2, -0.15) is 5.26 Å². The smallest absolute Gasteiger partial charge is 0.235 e. The summed E-state index contributed by atoms with van der Waals surface area (Å²) in [5, 5.41) is 21.7. The average Bonchev–Trinajstić information content (AvgIpc) is 3.49. The summed E-state index contributed by atoms with van der Waals surface area (Å²) < 4.78 is 9.31. The van der Waals surface area contributed by atoms with Crippen molar-refractivity contribution in [3.05, 3.63) is 76.6 Å². The predicted octanol–water partition coefficient (Wildman–Crippen LogP) is 4.55. The highest BCUT2D eigenvalue weighted by Crippen LogP contribution is 2.28. The number of furan rings is 1. The summed E-state index contributed by atoms with van der Waals surface area (Å²) in [6, 6.07) is 13.9. The Morgan fingerprint density at radius 2 is 1.94 bits per heavy atom. The van der Waals surface area contributed by atoms with Gasteiger partial charge in [-0.1, -0.05) is 30.0 Å². The Labute approximate surface area is 196 Å². The molecule has 1 N–H and O–H groups in total. The largest absolute Gasteiger partial charge is 0.467 e. The van der Waals surface area contributed by atoms with E-state index in [0.717, 1.165) is 34.1 Å². The van der Waals surface area contributed by atoms with Gasteiger partial charge in [0.25, 0.3) is 0 Å². The van der Waals surface area contributed by atoms with Gasteiger partial charge in [0.15, 0.2) is 5.16 Å². The van der Waals surface area contributed by atoms with Crippen LogP contribution >= 0.6 is 11.8 Å². The quantitative estimate of drug-likeness (QED) is 0.406. The van der Waals surface area contributed by atoms with E-state index in [1.807, 2.05) is 73.2 Å². The monoisotopic (exact) mass is 460 g/mol. The lowest BCUT2D eigenvalue weighted by molar-refractivity contribution is -0.113. The molecule has 8 nitrogen and oxygen atoms in total. The Kier molecular flexibility index (Phi) is 6.38. The van der Waals surface area contributed by atoms with Crippen molar-refractivity contribution < 1.29 is 9.21 Å². The first-order valence-electron chi connectivity index (χ1n) is 10.4. The van der Waals surface area contributed by atoms with Gasteiger partial charge >= 0.3 is 0 Å². The van der Waals surface area contributed by atoms with Gasteiger partial charge in [0.05, 0.1) is 29.8 Å². The van der Waals surface area contributed by atoms with Gasteiger partial charge in [0, 0.05) is 5.69 Å². The highest BCUT2D eigenvalue weighted by Gasteiger charge is 2.21. The fourth-order valence-electron chi connectivity index (χ4n) is 3.71. The number of rotatable bonds is 7. The summed E-state index contributed by atoms with van der Waals surface area (Å²) >= 11 is 1.30. The highest BCUT2D eigenvalue weighted by atomic mass is 32.2. The summed E-state index contributed by atoms with van der Waals surface area (Å²) in [5.74, 6) is 1.86. The lowest BCUT2D eigenvalue weighted by atomic mass is 10.2. The van der Waals surface area contributed by atoms with Crippen LogP contribution in [-0.4, -0.2) is 31.0 Å². The lowest BCUT2D eigenvalue weighted by Gasteiger charge is -2.13. The van der Waals surface area contributed by atoms with Gasteiger partial charge in [-0.05, 0) is 57.0 Å². The zero-order chi connectivity index (χ0) is 23.5. The van der Waals surface area contributed by atoms with Crippen molar-refractivity contribution in [2.24, 2.45) is 0 Å². The van der Waals surface area contributed by atoms with E-state index >= 15 is 0 Å². The third kappa shape index (κ3) is 4.43. The van der Waals surface area contributed by atoms with E-state index in [0.29, 0.717) is 23.1 Å². The summed E-state index contributed by atoms with van der Waals surface area (Å²) in [7, 11) is 0. The minimum Gasteiger partial charge on any atom is -0.467 e. The number of benzene rings is 1. The molecule has 0 atom stereocenters. The van der Waals surface area contributed by atoms with E-state index in [2.05, 4.69) is 21.6 Å². The second-order valence-corrected chi connectivity index (χ2v) is 8.64. The molecule has 0 spiro atoms. The molecular formula is C24H24N6O2S. The molecule has 0 aliphatic carbocycles. The number of nitrogens with zero attached hydrogens (tertiary/aromatic N) is 5. The van der Waals surface area contributed by atoms with Crippen LogP contribution < -0.4 is 5.32 Å². The Balaban J connectivity index is 1.55. The number of aromatic nitrogens is 4. The van der Waals surface area contributed by atoms with Crippen molar-refractivity contribution in [1.29, 1.82) is 5.26 Å². The van der Waals surface area contributed by atoms with Gasteiger partial charge in [0.1, 0.15) is 23.5 Å². The molecule has 0 saturated heterocycles. The maximum atomic E-state index is 12.9. The zero-order valence-corrected chi connectivity index (χ0v) is 19.7. The maximum absolute atomic E-state index is 12.9.